The molecule has 0 fully saturated rings. The number of carboxylic acid groups (broad SMARTS) is 4. The lowest BCUT2D eigenvalue weighted by molar-refractivity contribution is -0.141. The maximum atomic E-state index is 10.2. The highest BCUT2D eigenvalue weighted by molar-refractivity contribution is 5.75. The van der Waals surface area contributed by atoms with Crippen molar-refractivity contribution < 1.29 is 44.4 Å². The van der Waals surface area contributed by atoms with Crippen LogP contribution in [0.25, 0.3) is 0 Å². The van der Waals surface area contributed by atoms with Crippen LogP contribution in [0.3, 0.4) is 0 Å². The lowest BCUT2D eigenvalue weighted by Gasteiger charge is -2.06. The number of primary amides is 1. The Morgan fingerprint density at radius 1 is 0.676 bits per heavy atom. The van der Waals surface area contributed by atoms with Crippen molar-refractivity contribution in [1.29, 1.82) is 5.41 Å². The molecular weight excluding hydrogens is 460 g/mol. The largest absolute Gasteiger partial charge is 0.481 e. The molecule has 0 radical (unpaired) electrons. The first-order chi connectivity index (χ1) is 15.6. The first kappa shape index (κ1) is 34.9. The van der Waals surface area contributed by atoms with Crippen LogP contribution in [-0.2, 0) is 19.2 Å². The molecule has 0 unspecified atom stereocenters. The van der Waals surface area contributed by atoms with Gasteiger partial charge in [0.2, 0.25) is 0 Å². The van der Waals surface area contributed by atoms with Gasteiger partial charge in [0.15, 0.2) is 5.96 Å². The predicted octanol–water partition coefficient (Wildman–Crippen LogP) is -3.23. The van der Waals surface area contributed by atoms with Gasteiger partial charge < -0.3 is 59.7 Å². The van der Waals surface area contributed by atoms with Crippen LogP contribution in [0.2, 0.25) is 0 Å². The maximum Gasteiger partial charge on any atom is 0.320 e. The van der Waals surface area contributed by atoms with Crippen molar-refractivity contribution in [3.05, 3.63) is 0 Å². The highest BCUT2D eigenvalue weighted by Gasteiger charge is 2.12. The van der Waals surface area contributed by atoms with E-state index >= 15 is 0 Å². The van der Waals surface area contributed by atoms with E-state index < -0.39 is 48.0 Å². The minimum absolute atomic E-state index is 0.0231. The fourth-order valence-corrected chi connectivity index (χ4v) is 1.73. The third-order valence-corrected chi connectivity index (χ3v) is 3.62. The Kier molecular flexibility index (Phi) is 21.7. The van der Waals surface area contributed by atoms with Crippen molar-refractivity contribution in [2.24, 2.45) is 28.7 Å². The van der Waals surface area contributed by atoms with Crippen LogP contribution in [0, 0.1) is 5.41 Å². The second-order valence-electron chi connectivity index (χ2n) is 6.68. The molecule has 0 aromatic heterocycles. The van der Waals surface area contributed by atoms with E-state index in [1.807, 2.05) is 0 Å². The van der Waals surface area contributed by atoms with Crippen LogP contribution in [0.4, 0.5) is 4.79 Å². The summed E-state index contributed by atoms with van der Waals surface area (Å²) in [5.41, 5.74) is 25.2. The van der Waals surface area contributed by atoms with Gasteiger partial charge in [0.25, 0.3) is 0 Å². The molecule has 3 atom stereocenters. The number of nitrogens with two attached hydrogens (primary N) is 5. The van der Waals surface area contributed by atoms with E-state index in [-0.39, 0.29) is 18.8 Å². The van der Waals surface area contributed by atoms with Gasteiger partial charge in [0, 0.05) is 19.5 Å². The monoisotopic (exact) mass is 496 g/mol. The first-order valence-electron chi connectivity index (χ1n) is 9.89. The molecule has 0 bridgehead atoms. The van der Waals surface area contributed by atoms with E-state index in [1.54, 1.807) is 0 Å². The van der Waals surface area contributed by atoms with Crippen molar-refractivity contribution in [3.63, 3.8) is 0 Å². The smallest absolute Gasteiger partial charge is 0.320 e. The minimum atomic E-state index is -1.17. The van der Waals surface area contributed by atoms with Gasteiger partial charge in [-0.25, -0.2) is 4.79 Å². The van der Waals surface area contributed by atoms with Crippen LogP contribution in [-0.4, -0.2) is 87.5 Å². The van der Waals surface area contributed by atoms with E-state index in [2.05, 4.69) is 10.6 Å². The second kappa shape index (κ2) is 21.2. The molecule has 17 nitrogen and oxygen atoms in total. The molecule has 0 aliphatic heterocycles. The van der Waals surface area contributed by atoms with Crippen molar-refractivity contribution in [2.75, 3.05) is 13.1 Å². The molecule has 0 heterocycles. The summed E-state index contributed by atoms with van der Waals surface area (Å²) in [6.07, 6.45) is 1.59. The summed E-state index contributed by atoms with van der Waals surface area (Å²) >= 11 is 0. The Balaban J connectivity index is -0.000000426. The zero-order chi connectivity index (χ0) is 27.3. The molecule has 0 spiro atoms. The molecule has 0 saturated heterocycles. The number of hydrogen-bond donors (Lipinski definition) is 12. The Hall–Kier alpha value is -3.70. The predicted molar refractivity (Wildman–Crippen MR) is 120 cm³/mol. The number of urea groups is 1. The topological polar surface area (TPSA) is 344 Å². The summed E-state index contributed by atoms with van der Waals surface area (Å²) in [4.78, 5) is 50.4. The van der Waals surface area contributed by atoms with E-state index in [9.17, 15) is 24.0 Å². The number of carbonyl (C=O) groups is 5. The SMILES string of the molecule is N=C(N)NCCC[C@H](N)C(=O)O.NC(=O)NCCC[C@H](N)C(=O)O.N[C@@H](CCC(=O)O)C(=O)O. The molecule has 0 rings (SSSR count). The maximum absolute atomic E-state index is 10.2. The third kappa shape index (κ3) is 28.3. The van der Waals surface area contributed by atoms with Crippen LogP contribution >= 0.6 is 0 Å². The van der Waals surface area contributed by atoms with Crippen molar-refractivity contribution >= 4 is 35.9 Å². The average molecular weight is 497 g/mol. The van der Waals surface area contributed by atoms with Crippen LogP contribution in [0.15, 0.2) is 0 Å². The molecule has 0 saturated carbocycles. The Morgan fingerprint density at radius 2 is 1.03 bits per heavy atom. The Labute approximate surface area is 195 Å². The number of carboxylic acids is 4. The highest BCUT2D eigenvalue weighted by atomic mass is 16.4. The highest BCUT2D eigenvalue weighted by Crippen LogP contribution is 1.94. The summed E-state index contributed by atoms with van der Waals surface area (Å²) in [7, 11) is 0. The van der Waals surface area contributed by atoms with E-state index in [0.717, 1.165) is 0 Å². The Morgan fingerprint density at radius 3 is 1.32 bits per heavy atom. The standard InChI is InChI=1S/C6H14N4O2.C6H13N3O3.C5H9NO4/c7-4(5(11)12)2-1-3-10-6(8)9;7-4(5(10)11)2-1-3-9-6(8)12;6-3(5(9)10)1-2-4(7)8/h4H,1-3,7H2,(H,11,12)(H4,8,9,10);4H,1-3,7H2,(H,10,11)(H3,8,9,12);3H,1-2,6H2,(H,7,8)(H,9,10)/t2*4-;3-/m000/s1. The molecule has 0 aromatic carbocycles. The first-order valence-corrected chi connectivity index (χ1v) is 9.89. The molecule has 17 heteroatoms. The van der Waals surface area contributed by atoms with Crippen LogP contribution in [0.5, 0.6) is 0 Å². The zero-order valence-corrected chi connectivity index (χ0v) is 18.6. The lowest BCUT2D eigenvalue weighted by atomic mass is 10.2. The van der Waals surface area contributed by atoms with Crippen LogP contribution < -0.4 is 39.3 Å². The van der Waals surface area contributed by atoms with Gasteiger partial charge in [-0.3, -0.25) is 24.6 Å². The second-order valence-corrected chi connectivity index (χ2v) is 6.68. The van der Waals surface area contributed by atoms with Crippen molar-refractivity contribution in [3.8, 4) is 0 Å². The van der Waals surface area contributed by atoms with Gasteiger partial charge in [0.1, 0.15) is 18.1 Å². The van der Waals surface area contributed by atoms with Gasteiger partial charge in [-0.05, 0) is 32.1 Å². The summed E-state index contributed by atoms with van der Waals surface area (Å²) in [5.74, 6) is -4.34. The molecule has 0 aromatic rings. The molecule has 17 N–H and O–H groups in total. The van der Waals surface area contributed by atoms with Crippen LogP contribution in [0.1, 0.15) is 38.5 Å². The number of hydrogen-bond acceptors (Lipinski definition) is 9. The number of aliphatic carboxylic acids is 4. The summed E-state index contributed by atoms with van der Waals surface area (Å²) in [6.45, 7) is 0.840. The number of carbonyl (C=O) groups excluding carboxylic acids is 1. The summed E-state index contributed by atoms with van der Waals surface area (Å²) in [5, 5.41) is 44.7. The van der Waals surface area contributed by atoms with Gasteiger partial charge in [-0.2, -0.15) is 0 Å². The normalized spacial score (nSPS) is 12.2. The fraction of sp³-hybridized carbons (Fsp3) is 0.647. The molecular formula is C17H36N8O9. The quantitative estimate of drug-likeness (QED) is 0.0638. The van der Waals surface area contributed by atoms with Crippen molar-refractivity contribution in [1.82, 2.24) is 10.6 Å². The number of amides is 2. The lowest BCUT2D eigenvalue weighted by Crippen LogP contribution is -2.34. The fourth-order valence-electron chi connectivity index (χ4n) is 1.73. The summed E-state index contributed by atoms with van der Waals surface area (Å²) < 4.78 is 0. The van der Waals surface area contributed by atoms with E-state index in [4.69, 9.17) is 54.5 Å². The number of nitrogens with one attached hydrogen (secondary N) is 3. The molecule has 0 aliphatic rings. The zero-order valence-electron chi connectivity index (χ0n) is 18.6. The number of rotatable bonds is 14. The third-order valence-electron chi connectivity index (χ3n) is 3.62. The average Bonchev–Trinajstić information content (AvgIpc) is 2.72. The van der Waals surface area contributed by atoms with Gasteiger partial charge >= 0.3 is 29.9 Å². The van der Waals surface area contributed by atoms with Gasteiger partial charge in [-0.1, -0.05) is 0 Å². The molecule has 0 aliphatic carbocycles. The van der Waals surface area contributed by atoms with E-state index in [0.29, 0.717) is 38.8 Å². The Bertz CT molecular complexity index is 625. The van der Waals surface area contributed by atoms with Gasteiger partial charge in [-0.15, -0.1) is 0 Å². The minimum Gasteiger partial charge on any atom is -0.481 e. The van der Waals surface area contributed by atoms with E-state index in [1.165, 1.54) is 0 Å². The number of guanidine groups is 1. The van der Waals surface area contributed by atoms with Crippen molar-refractivity contribution in [2.45, 2.75) is 56.7 Å². The molecule has 34 heavy (non-hydrogen) atoms. The van der Waals surface area contributed by atoms with Gasteiger partial charge in [0.05, 0.1) is 0 Å². The summed E-state index contributed by atoms with van der Waals surface area (Å²) in [6, 6.07) is -3.35. The molecule has 2 amide bonds. The molecule has 198 valence electrons.